The molecular weight excluding hydrogens is 260 g/mol. The first kappa shape index (κ1) is 14.1. The van der Waals surface area contributed by atoms with Gasteiger partial charge in [-0.1, -0.05) is 30.3 Å². The lowest BCUT2D eigenvalue weighted by molar-refractivity contribution is -0.141. The second-order valence-corrected chi connectivity index (χ2v) is 6.28. The molecule has 3 fully saturated rings. The van der Waals surface area contributed by atoms with Gasteiger partial charge in [0.2, 0.25) is 5.91 Å². The monoisotopic (exact) mass is 282 g/mol. The van der Waals surface area contributed by atoms with Crippen LogP contribution in [0.1, 0.15) is 44.1 Å². The van der Waals surface area contributed by atoms with Crippen molar-refractivity contribution in [1.29, 1.82) is 5.26 Å². The second kappa shape index (κ2) is 6.30. The Kier molecular flexibility index (Phi) is 4.24. The van der Waals surface area contributed by atoms with Crippen molar-refractivity contribution >= 4 is 5.91 Å². The zero-order valence-corrected chi connectivity index (χ0v) is 12.4. The second-order valence-electron chi connectivity index (χ2n) is 6.28. The summed E-state index contributed by atoms with van der Waals surface area (Å²) in [6.07, 6.45) is 6.80. The van der Waals surface area contributed by atoms with Gasteiger partial charge in [-0.25, -0.2) is 0 Å². The molecule has 110 valence electrons. The quantitative estimate of drug-likeness (QED) is 0.850. The van der Waals surface area contributed by atoms with Gasteiger partial charge in [-0.05, 0) is 50.0 Å². The average Bonchev–Trinajstić information content (AvgIpc) is 2.56. The summed E-state index contributed by atoms with van der Waals surface area (Å²) < 4.78 is 0. The Morgan fingerprint density at radius 1 is 1.19 bits per heavy atom. The van der Waals surface area contributed by atoms with Crippen LogP contribution in [0, 0.1) is 17.2 Å². The summed E-state index contributed by atoms with van der Waals surface area (Å²) in [5.74, 6) is 0.602. The first-order chi connectivity index (χ1) is 10.3. The Morgan fingerprint density at radius 2 is 1.90 bits per heavy atom. The van der Waals surface area contributed by atoms with Crippen molar-refractivity contribution in [1.82, 2.24) is 4.90 Å². The van der Waals surface area contributed by atoms with E-state index in [4.69, 9.17) is 0 Å². The van der Waals surface area contributed by atoms with Crippen LogP contribution in [0.2, 0.25) is 0 Å². The number of carbonyl (C=O) groups is 1. The number of hydrogen-bond donors (Lipinski definition) is 0. The Bertz CT molecular complexity index is 526. The molecule has 3 heteroatoms. The molecule has 1 atom stereocenters. The SMILES string of the molecule is N#C[C@@H]1C2CCC(CC2)N1C(=O)CCCc1ccccc1. The summed E-state index contributed by atoms with van der Waals surface area (Å²) in [7, 11) is 0. The van der Waals surface area contributed by atoms with Gasteiger partial charge in [0.15, 0.2) is 0 Å². The molecule has 3 aliphatic rings. The minimum absolute atomic E-state index is 0.165. The number of nitriles is 1. The Labute approximate surface area is 126 Å². The highest BCUT2D eigenvalue weighted by molar-refractivity contribution is 5.77. The maximum absolute atomic E-state index is 12.5. The first-order valence-electron chi connectivity index (χ1n) is 8.04. The molecule has 2 aliphatic heterocycles. The zero-order valence-electron chi connectivity index (χ0n) is 12.4. The van der Waals surface area contributed by atoms with Gasteiger partial charge < -0.3 is 4.90 Å². The molecule has 2 saturated heterocycles. The van der Waals surface area contributed by atoms with Crippen LogP contribution in [0.5, 0.6) is 0 Å². The van der Waals surface area contributed by atoms with Gasteiger partial charge in [-0.2, -0.15) is 5.26 Å². The summed E-state index contributed by atoms with van der Waals surface area (Å²) in [6, 6.07) is 12.8. The normalized spacial score (nSPS) is 27.4. The Morgan fingerprint density at radius 3 is 2.57 bits per heavy atom. The predicted molar refractivity (Wildman–Crippen MR) is 81.4 cm³/mol. The zero-order chi connectivity index (χ0) is 14.7. The van der Waals surface area contributed by atoms with Gasteiger partial charge in [0, 0.05) is 12.5 Å². The number of carbonyl (C=O) groups excluding carboxylic acids is 1. The largest absolute Gasteiger partial charge is 0.323 e. The molecule has 1 aromatic carbocycles. The van der Waals surface area contributed by atoms with E-state index in [2.05, 4.69) is 18.2 Å². The maximum Gasteiger partial charge on any atom is 0.223 e. The number of rotatable bonds is 4. The molecule has 1 amide bonds. The first-order valence-corrected chi connectivity index (χ1v) is 8.04. The lowest BCUT2D eigenvalue weighted by Crippen LogP contribution is -2.56. The molecule has 0 aromatic heterocycles. The van der Waals surface area contributed by atoms with Gasteiger partial charge in [0.05, 0.1) is 6.07 Å². The van der Waals surface area contributed by atoms with E-state index in [9.17, 15) is 10.1 Å². The topological polar surface area (TPSA) is 44.1 Å². The number of amides is 1. The highest BCUT2D eigenvalue weighted by Gasteiger charge is 2.43. The van der Waals surface area contributed by atoms with E-state index in [0.717, 1.165) is 38.5 Å². The summed E-state index contributed by atoms with van der Waals surface area (Å²) >= 11 is 0. The Hall–Kier alpha value is -1.82. The van der Waals surface area contributed by atoms with Crippen LogP contribution in [-0.2, 0) is 11.2 Å². The Balaban J connectivity index is 1.56. The minimum atomic E-state index is -0.165. The van der Waals surface area contributed by atoms with E-state index in [1.54, 1.807) is 0 Å². The average molecular weight is 282 g/mol. The number of piperidine rings is 2. The van der Waals surface area contributed by atoms with Crippen molar-refractivity contribution in [2.75, 3.05) is 0 Å². The van der Waals surface area contributed by atoms with E-state index in [-0.39, 0.29) is 11.9 Å². The van der Waals surface area contributed by atoms with Crippen molar-refractivity contribution in [2.24, 2.45) is 5.92 Å². The van der Waals surface area contributed by atoms with Crippen molar-refractivity contribution < 1.29 is 4.79 Å². The van der Waals surface area contributed by atoms with Crippen LogP contribution in [-0.4, -0.2) is 22.9 Å². The molecule has 0 radical (unpaired) electrons. The van der Waals surface area contributed by atoms with E-state index in [1.807, 2.05) is 23.1 Å². The molecule has 2 heterocycles. The van der Waals surface area contributed by atoms with Crippen molar-refractivity contribution in [3.05, 3.63) is 35.9 Å². The fourth-order valence-corrected chi connectivity index (χ4v) is 3.89. The lowest BCUT2D eigenvalue weighted by Gasteiger charge is -2.48. The van der Waals surface area contributed by atoms with E-state index in [0.29, 0.717) is 18.4 Å². The molecular formula is C18H22N2O. The molecule has 21 heavy (non-hydrogen) atoms. The molecule has 1 saturated carbocycles. The number of aryl methyl sites for hydroxylation is 1. The fourth-order valence-electron chi connectivity index (χ4n) is 3.89. The number of fused-ring (bicyclic) bond motifs is 3. The van der Waals surface area contributed by atoms with Gasteiger partial charge in [0.25, 0.3) is 0 Å². The minimum Gasteiger partial charge on any atom is -0.323 e. The van der Waals surface area contributed by atoms with Crippen molar-refractivity contribution in [2.45, 2.75) is 57.0 Å². The van der Waals surface area contributed by atoms with Gasteiger partial charge in [0.1, 0.15) is 6.04 Å². The van der Waals surface area contributed by atoms with Crippen LogP contribution in [0.3, 0.4) is 0 Å². The van der Waals surface area contributed by atoms with Crippen LogP contribution >= 0.6 is 0 Å². The van der Waals surface area contributed by atoms with Crippen molar-refractivity contribution in [3.63, 3.8) is 0 Å². The molecule has 1 aliphatic carbocycles. The molecule has 0 spiro atoms. The third-order valence-electron chi connectivity index (χ3n) is 5.00. The van der Waals surface area contributed by atoms with Gasteiger partial charge >= 0.3 is 0 Å². The van der Waals surface area contributed by atoms with Crippen LogP contribution < -0.4 is 0 Å². The molecule has 0 N–H and O–H groups in total. The number of benzene rings is 1. The van der Waals surface area contributed by atoms with E-state index in [1.165, 1.54) is 5.56 Å². The molecule has 4 rings (SSSR count). The summed E-state index contributed by atoms with van der Waals surface area (Å²) in [6.45, 7) is 0. The molecule has 2 bridgehead atoms. The smallest absolute Gasteiger partial charge is 0.223 e. The standard InChI is InChI=1S/C18H22N2O/c19-13-17-15-9-11-16(12-10-15)20(17)18(21)8-4-7-14-5-2-1-3-6-14/h1-3,5-6,15-17H,4,7-12H2/t15?,16?,17-/m1/s1. The number of hydrogen-bond acceptors (Lipinski definition) is 2. The highest BCUT2D eigenvalue weighted by atomic mass is 16.2. The number of nitrogens with zero attached hydrogens (tertiary/aromatic N) is 2. The molecule has 0 unspecified atom stereocenters. The predicted octanol–water partition coefficient (Wildman–Crippen LogP) is 3.30. The lowest BCUT2D eigenvalue weighted by atomic mass is 9.75. The molecule has 3 nitrogen and oxygen atoms in total. The third kappa shape index (κ3) is 2.95. The van der Waals surface area contributed by atoms with E-state index < -0.39 is 0 Å². The summed E-state index contributed by atoms with van der Waals surface area (Å²) in [4.78, 5) is 14.4. The van der Waals surface area contributed by atoms with Crippen LogP contribution in [0.25, 0.3) is 0 Å². The van der Waals surface area contributed by atoms with Gasteiger partial charge in [-0.3, -0.25) is 4.79 Å². The highest BCUT2D eigenvalue weighted by Crippen LogP contribution is 2.39. The van der Waals surface area contributed by atoms with E-state index >= 15 is 0 Å². The molecule has 1 aromatic rings. The maximum atomic E-state index is 12.5. The fraction of sp³-hybridized carbons (Fsp3) is 0.556. The van der Waals surface area contributed by atoms with Crippen LogP contribution in [0.4, 0.5) is 0 Å². The van der Waals surface area contributed by atoms with Crippen LogP contribution in [0.15, 0.2) is 30.3 Å². The summed E-state index contributed by atoms with van der Waals surface area (Å²) in [5, 5.41) is 9.39. The third-order valence-corrected chi connectivity index (χ3v) is 5.00. The van der Waals surface area contributed by atoms with Gasteiger partial charge in [-0.15, -0.1) is 0 Å². The summed E-state index contributed by atoms with van der Waals surface area (Å²) in [5.41, 5.74) is 1.28. The van der Waals surface area contributed by atoms with Crippen molar-refractivity contribution in [3.8, 4) is 6.07 Å².